The largest absolute Gasteiger partial charge is 0.342 e. The van der Waals surface area contributed by atoms with Gasteiger partial charge in [-0.3, -0.25) is 9.78 Å². The van der Waals surface area contributed by atoms with Crippen molar-refractivity contribution in [2.75, 3.05) is 13.2 Å². The van der Waals surface area contributed by atoms with Crippen LogP contribution >= 0.6 is 0 Å². The fourth-order valence-corrected chi connectivity index (χ4v) is 0.537. The van der Waals surface area contributed by atoms with Gasteiger partial charge >= 0.3 is 11.9 Å². The Morgan fingerprint density at radius 1 is 1.00 bits per heavy atom. The van der Waals surface area contributed by atoms with Crippen molar-refractivity contribution >= 4 is 11.9 Å². The first kappa shape index (κ1) is 18.0. The molecule has 0 heterocycles. The third-order valence-corrected chi connectivity index (χ3v) is 1.07. The lowest BCUT2D eigenvalue weighted by Crippen LogP contribution is -2.10. The topological polar surface area (TPSA) is 71.1 Å². The molecule has 0 saturated heterocycles. The van der Waals surface area contributed by atoms with E-state index in [4.69, 9.17) is 0 Å². The van der Waals surface area contributed by atoms with E-state index in [1.807, 2.05) is 6.92 Å². The molecule has 0 atom stereocenters. The van der Waals surface area contributed by atoms with Gasteiger partial charge in [0.05, 0.1) is 26.1 Å². The van der Waals surface area contributed by atoms with Gasteiger partial charge in [-0.05, 0) is 20.8 Å². The Balaban J connectivity index is 0. The number of allylic oxidation sites excluding steroid dienone is 1. The Hall–Kier alpha value is -1.40. The first-order valence-electron chi connectivity index (χ1n) is 5.33. The van der Waals surface area contributed by atoms with Crippen molar-refractivity contribution in [2.45, 2.75) is 33.6 Å². The molecular weight excluding hydrogens is 228 g/mol. The van der Waals surface area contributed by atoms with E-state index >= 15 is 0 Å². The quantitative estimate of drug-likeness (QED) is 0.389. The molecule has 6 heteroatoms. The summed E-state index contributed by atoms with van der Waals surface area (Å²) in [5.41, 5.74) is 0. The van der Waals surface area contributed by atoms with E-state index in [1.54, 1.807) is 19.9 Å². The first-order valence-corrected chi connectivity index (χ1v) is 5.33. The Morgan fingerprint density at radius 3 is 1.53 bits per heavy atom. The van der Waals surface area contributed by atoms with Crippen LogP contribution in [0, 0.1) is 0 Å². The Bertz CT molecular complexity index is 194. The van der Waals surface area contributed by atoms with E-state index in [0.29, 0.717) is 0 Å². The number of hydrogen-bond donors (Lipinski definition) is 0. The van der Waals surface area contributed by atoms with E-state index in [-0.39, 0.29) is 26.1 Å². The second-order valence-electron chi connectivity index (χ2n) is 2.63. The van der Waals surface area contributed by atoms with Gasteiger partial charge < -0.3 is 0 Å². The SMILES string of the molecule is C=CC.CCOOC(=O)CCC(=O)OOCC. The van der Waals surface area contributed by atoms with E-state index < -0.39 is 11.9 Å². The fourth-order valence-electron chi connectivity index (χ4n) is 0.537. The van der Waals surface area contributed by atoms with Crippen LogP contribution in [0.15, 0.2) is 12.7 Å². The van der Waals surface area contributed by atoms with Crippen LogP contribution in [0.25, 0.3) is 0 Å². The molecular formula is C11H20O6. The highest BCUT2D eigenvalue weighted by atomic mass is 17.2. The summed E-state index contributed by atoms with van der Waals surface area (Å²) in [5, 5.41) is 0. The Kier molecular flexibility index (Phi) is 15.4. The molecule has 0 bridgehead atoms. The highest BCUT2D eigenvalue weighted by molar-refractivity contribution is 5.76. The summed E-state index contributed by atoms with van der Waals surface area (Å²) in [6.45, 7) is 9.15. The molecule has 0 radical (unpaired) electrons. The average molecular weight is 248 g/mol. The van der Waals surface area contributed by atoms with Crippen LogP contribution in [0.4, 0.5) is 0 Å². The maximum absolute atomic E-state index is 10.8. The van der Waals surface area contributed by atoms with Gasteiger partial charge in [-0.15, -0.1) is 6.58 Å². The van der Waals surface area contributed by atoms with Gasteiger partial charge in [0, 0.05) is 0 Å². The van der Waals surface area contributed by atoms with Gasteiger partial charge in [-0.1, -0.05) is 6.08 Å². The number of hydrogen-bond acceptors (Lipinski definition) is 6. The summed E-state index contributed by atoms with van der Waals surface area (Å²) >= 11 is 0. The van der Waals surface area contributed by atoms with Crippen LogP contribution in [0.2, 0.25) is 0 Å². The van der Waals surface area contributed by atoms with Crippen LogP contribution in [0.1, 0.15) is 33.6 Å². The van der Waals surface area contributed by atoms with Gasteiger partial charge in [0.15, 0.2) is 0 Å². The molecule has 100 valence electrons. The molecule has 17 heavy (non-hydrogen) atoms. The summed E-state index contributed by atoms with van der Waals surface area (Å²) in [4.78, 5) is 38.8. The minimum atomic E-state index is -0.611. The molecule has 0 unspecified atom stereocenters. The average Bonchev–Trinajstić information content (AvgIpc) is 2.32. The summed E-state index contributed by atoms with van der Waals surface area (Å²) < 4.78 is 0. The van der Waals surface area contributed by atoms with Crippen molar-refractivity contribution in [1.82, 2.24) is 0 Å². The van der Waals surface area contributed by atoms with Gasteiger partial charge in [0.25, 0.3) is 0 Å². The monoisotopic (exact) mass is 248 g/mol. The minimum absolute atomic E-state index is 0.0914. The molecule has 0 rings (SSSR count). The fraction of sp³-hybridized carbons (Fsp3) is 0.636. The molecule has 0 spiro atoms. The molecule has 0 aliphatic carbocycles. The molecule has 0 aliphatic heterocycles. The Morgan fingerprint density at radius 2 is 1.29 bits per heavy atom. The van der Waals surface area contributed by atoms with Crippen LogP contribution in [0.3, 0.4) is 0 Å². The summed E-state index contributed by atoms with van der Waals surface area (Å²) in [7, 11) is 0. The van der Waals surface area contributed by atoms with E-state index in [1.165, 1.54) is 0 Å². The van der Waals surface area contributed by atoms with E-state index in [0.717, 1.165) is 0 Å². The van der Waals surface area contributed by atoms with Crippen LogP contribution < -0.4 is 0 Å². The van der Waals surface area contributed by atoms with Crippen LogP contribution in [-0.2, 0) is 29.1 Å². The molecule has 0 N–H and O–H groups in total. The van der Waals surface area contributed by atoms with Crippen molar-refractivity contribution in [1.29, 1.82) is 0 Å². The zero-order chi connectivity index (χ0) is 13.5. The third kappa shape index (κ3) is 17.2. The summed E-state index contributed by atoms with van der Waals surface area (Å²) in [5.74, 6) is -1.22. The molecule has 0 aromatic carbocycles. The highest BCUT2D eigenvalue weighted by Gasteiger charge is 2.10. The Labute approximate surface area is 101 Å². The van der Waals surface area contributed by atoms with Crippen LogP contribution in [0.5, 0.6) is 0 Å². The van der Waals surface area contributed by atoms with Gasteiger partial charge in [-0.2, -0.15) is 9.78 Å². The molecule has 0 saturated carbocycles. The third-order valence-electron chi connectivity index (χ3n) is 1.07. The van der Waals surface area contributed by atoms with Crippen molar-refractivity contribution in [3.63, 3.8) is 0 Å². The normalized spacial score (nSPS) is 8.65. The molecule has 0 amide bonds. The smallest absolute Gasteiger partial charge is 0.298 e. The molecule has 6 nitrogen and oxygen atoms in total. The summed E-state index contributed by atoms with van der Waals surface area (Å²) in [6.07, 6.45) is 1.57. The number of carbonyl (C=O) groups is 2. The van der Waals surface area contributed by atoms with Crippen molar-refractivity contribution < 1.29 is 29.1 Å². The highest BCUT2D eigenvalue weighted by Crippen LogP contribution is 1.96. The van der Waals surface area contributed by atoms with Crippen molar-refractivity contribution in [3.05, 3.63) is 12.7 Å². The number of rotatable bonds is 7. The van der Waals surface area contributed by atoms with Gasteiger partial charge in [-0.25, -0.2) is 9.59 Å². The molecule has 0 fully saturated rings. The summed E-state index contributed by atoms with van der Waals surface area (Å²) in [6, 6.07) is 0. The van der Waals surface area contributed by atoms with Crippen LogP contribution in [-0.4, -0.2) is 25.2 Å². The molecule has 0 aromatic heterocycles. The van der Waals surface area contributed by atoms with Crippen molar-refractivity contribution in [3.8, 4) is 0 Å². The first-order chi connectivity index (χ1) is 8.12. The lowest BCUT2D eigenvalue weighted by molar-refractivity contribution is -0.275. The maximum Gasteiger partial charge on any atom is 0.342 e. The van der Waals surface area contributed by atoms with E-state index in [2.05, 4.69) is 26.1 Å². The number of carbonyl (C=O) groups excluding carboxylic acids is 2. The van der Waals surface area contributed by atoms with Gasteiger partial charge in [0.1, 0.15) is 0 Å². The lowest BCUT2D eigenvalue weighted by Gasteiger charge is -2.01. The maximum atomic E-state index is 10.8. The zero-order valence-corrected chi connectivity index (χ0v) is 10.6. The van der Waals surface area contributed by atoms with Crippen molar-refractivity contribution in [2.24, 2.45) is 0 Å². The minimum Gasteiger partial charge on any atom is -0.298 e. The van der Waals surface area contributed by atoms with E-state index in [9.17, 15) is 9.59 Å². The molecule has 0 aliphatic rings. The second-order valence-corrected chi connectivity index (χ2v) is 2.63. The zero-order valence-electron chi connectivity index (χ0n) is 10.6. The molecule has 0 aromatic rings. The predicted molar refractivity (Wildman–Crippen MR) is 60.5 cm³/mol. The predicted octanol–water partition coefficient (Wildman–Crippen LogP) is 1.95. The lowest BCUT2D eigenvalue weighted by atomic mass is 10.3. The van der Waals surface area contributed by atoms with Gasteiger partial charge in [0.2, 0.25) is 0 Å². The second kappa shape index (κ2) is 14.6. The standard InChI is InChI=1S/C8H14O6.C3H6/c1-3-11-13-7(9)5-6-8(10)14-12-4-2;1-3-2/h3-6H2,1-2H3;3H,1H2,2H3.